The topological polar surface area (TPSA) is 20.3 Å². The third-order valence-electron chi connectivity index (χ3n) is 4.41. The largest absolute Gasteiger partial charge is 0.314 e. The van der Waals surface area contributed by atoms with E-state index in [1.165, 1.54) is 0 Å². The Kier molecular flexibility index (Phi) is 3.12. The molecule has 2 aliphatic rings. The van der Waals surface area contributed by atoms with Crippen LogP contribution in [0.4, 0.5) is 5.69 Å². The molecule has 0 fully saturated rings. The first-order valence-electron chi connectivity index (χ1n) is 7.40. The van der Waals surface area contributed by atoms with Crippen LogP contribution in [0.3, 0.4) is 0 Å². The van der Waals surface area contributed by atoms with Crippen molar-refractivity contribution in [2.24, 2.45) is 11.3 Å². The average Bonchev–Trinajstić information content (AvgIpc) is 2.66. The van der Waals surface area contributed by atoms with Crippen LogP contribution < -0.4 is 4.90 Å². The summed E-state index contributed by atoms with van der Waals surface area (Å²) in [5, 5.41) is 0. The minimum absolute atomic E-state index is 0.00973. The quantitative estimate of drug-likeness (QED) is 0.697. The normalized spacial score (nSPS) is 23.5. The smallest absolute Gasteiger partial charge is 0.234 e. The SMILES string of the molecule is CC1C(=O)N(C)c2ccccc2C2=C1C=CC(C)(C)C=C2. The fourth-order valence-electron chi connectivity index (χ4n) is 3.00. The van der Waals surface area contributed by atoms with Crippen LogP contribution in [0.25, 0.3) is 5.57 Å². The van der Waals surface area contributed by atoms with Crippen molar-refractivity contribution in [2.75, 3.05) is 11.9 Å². The van der Waals surface area contributed by atoms with Crippen molar-refractivity contribution in [1.82, 2.24) is 0 Å². The van der Waals surface area contributed by atoms with E-state index in [1.54, 1.807) is 4.90 Å². The molecule has 0 radical (unpaired) electrons. The van der Waals surface area contributed by atoms with Gasteiger partial charge >= 0.3 is 0 Å². The summed E-state index contributed by atoms with van der Waals surface area (Å²) in [7, 11) is 1.86. The van der Waals surface area contributed by atoms with Crippen LogP contribution in [-0.2, 0) is 4.79 Å². The molecule has 21 heavy (non-hydrogen) atoms. The highest BCUT2D eigenvalue weighted by Gasteiger charge is 2.30. The van der Waals surface area contributed by atoms with Gasteiger partial charge in [0.15, 0.2) is 0 Å². The summed E-state index contributed by atoms with van der Waals surface area (Å²) in [6, 6.07) is 8.14. The number of carbonyl (C=O) groups is 1. The first kappa shape index (κ1) is 13.9. The molecule has 0 saturated heterocycles. The number of anilines is 1. The molecule has 0 saturated carbocycles. The van der Waals surface area contributed by atoms with Gasteiger partial charge in [-0.1, -0.05) is 56.4 Å². The van der Waals surface area contributed by atoms with Crippen molar-refractivity contribution >= 4 is 17.2 Å². The summed E-state index contributed by atoms with van der Waals surface area (Å²) in [6.45, 7) is 6.35. The number of hydrogen-bond donors (Lipinski definition) is 0. The molecule has 0 spiro atoms. The lowest BCUT2D eigenvalue weighted by atomic mass is 9.92. The molecule has 1 atom stereocenters. The van der Waals surface area contributed by atoms with Crippen LogP contribution in [0.1, 0.15) is 26.3 Å². The fourth-order valence-corrected chi connectivity index (χ4v) is 3.00. The lowest BCUT2D eigenvalue weighted by Gasteiger charge is -2.20. The minimum atomic E-state index is -0.132. The minimum Gasteiger partial charge on any atom is -0.314 e. The zero-order valence-electron chi connectivity index (χ0n) is 13.1. The van der Waals surface area contributed by atoms with Crippen molar-refractivity contribution in [3.05, 3.63) is 59.7 Å². The monoisotopic (exact) mass is 279 g/mol. The van der Waals surface area contributed by atoms with E-state index in [2.05, 4.69) is 44.2 Å². The maximum atomic E-state index is 12.7. The standard InChI is InChI=1S/C19H21NO/c1-13-14-9-11-19(2,3)12-10-15(14)16-7-5-6-8-17(16)20(4)18(13)21/h5-13H,1-4H3. The van der Waals surface area contributed by atoms with Crippen LogP contribution in [-0.4, -0.2) is 13.0 Å². The van der Waals surface area contributed by atoms with Crippen molar-refractivity contribution < 1.29 is 4.79 Å². The van der Waals surface area contributed by atoms with Crippen LogP contribution in [0, 0.1) is 11.3 Å². The predicted octanol–water partition coefficient (Wildman–Crippen LogP) is 4.20. The Hall–Kier alpha value is -2.09. The number of para-hydroxylation sites is 1. The summed E-state index contributed by atoms with van der Waals surface area (Å²) in [6.07, 6.45) is 8.71. The third-order valence-corrected chi connectivity index (χ3v) is 4.41. The molecule has 0 N–H and O–H groups in total. The van der Waals surface area contributed by atoms with Gasteiger partial charge in [-0.3, -0.25) is 4.79 Å². The first-order valence-corrected chi connectivity index (χ1v) is 7.40. The van der Waals surface area contributed by atoms with Crippen LogP contribution in [0.15, 0.2) is 54.1 Å². The molecular weight excluding hydrogens is 258 g/mol. The second-order valence-corrected chi connectivity index (χ2v) is 6.49. The van der Waals surface area contributed by atoms with Gasteiger partial charge in [-0.2, -0.15) is 0 Å². The molecule has 0 bridgehead atoms. The van der Waals surface area contributed by atoms with Gasteiger partial charge in [-0.25, -0.2) is 0 Å². The van der Waals surface area contributed by atoms with Gasteiger partial charge in [0.1, 0.15) is 0 Å². The van der Waals surface area contributed by atoms with Crippen LogP contribution in [0.5, 0.6) is 0 Å². The summed E-state index contributed by atoms with van der Waals surface area (Å²) in [5.74, 6) is 0.0115. The lowest BCUT2D eigenvalue weighted by Crippen LogP contribution is -2.31. The van der Waals surface area contributed by atoms with Crippen molar-refractivity contribution in [3.8, 4) is 0 Å². The number of allylic oxidation sites excluding steroid dienone is 5. The van der Waals surface area contributed by atoms with E-state index in [9.17, 15) is 4.79 Å². The summed E-state index contributed by atoms with van der Waals surface area (Å²) in [5.41, 5.74) is 4.40. The van der Waals surface area contributed by atoms with Crippen molar-refractivity contribution in [2.45, 2.75) is 20.8 Å². The highest BCUT2D eigenvalue weighted by atomic mass is 16.2. The number of rotatable bonds is 0. The van der Waals surface area contributed by atoms with E-state index in [0.29, 0.717) is 0 Å². The van der Waals surface area contributed by atoms with E-state index >= 15 is 0 Å². The highest BCUT2D eigenvalue weighted by molar-refractivity contribution is 6.04. The number of amides is 1. The lowest BCUT2D eigenvalue weighted by molar-refractivity contribution is -0.120. The average molecular weight is 279 g/mol. The Balaban J connectivity index is 2.29. The Labute approximate surface area is 126 Å². The Morgan fingerprint density at radius 1 is 1.10 bits per heavy atom. The van der Waals surface area contributed by atoms with E-state index in [4.69, 9.17) is 0 Å². The van der Waals surface area contributed by atoms with E-state index in [-0.39, 0.29) is 17.2 Å². The van der Waals surface area contributed by atoms with Gasteiger partial charge in [0.25, 0.3) is 0 Å². The van der Waals surface area contributed by atoms with E-state index in [1.807, 2.05) is 32.2 Å². The molecule has 108 valence electrons. The Morgan fingerprint density at radius 3 is 2.52 bits per heavy atom. The molecule has 1 aromatic carbocycles. The van der Waals surface area contributed by atoms with E-state index < -0.39 is 0 Å². The number of carbonyl (C=O) groups excluding carboxylic acids is 1. The van der Waals surface area contributed by atoms with Gasteiger partial charge in [0, 0.05) is 18.0 Å². The molecule has 1 aliphatic carbocycles. The molecule has 1 aliphatic heterocycles. The fraction of sp³-hybridized carbons (Fsp3) is 0.316. The second kappa shape index (κ2) is 4.73. The molecule has 2 nitrogen and oxygen atoms in total. The van der Waals surface area contributed by atoms with Gasteiger partial charge in [0.05, 0.1) is 11.6 Å². The first-order chi connectivity index (χ1) is 9.91. The van der Waals surface area contributed by atoms with Gasteiger partial charge < -0.3 is 4.90 Å². The van der Waals surface area contributed by atoms with Gasteiger partial charge in [-0.05, 0) is 24.1 Å². The predicted molar refractivity (Wildman–Crippen MR) is 88.0 cm³/mol. The number of nitrogens with zero attached hydrogens (tertiary/aromatic N) is 1. The molecular formula is C19H21NO. The molecule has 3 rings (SSSR count). The zero-order valence-corrected chi connectivity index (χ0v) is 13.1. The summed E-state index contributed by atoms with van der Waals surface area (Å²) >= 11 is 0. The number of fused-ring (bicyclic) bond motifs is 2. The summed E-state index contributed by atoms with van der Waals surface area (Å²) in [4.78, 5) is 14.4. The van der Waals surface area contributed by atoms with E-state index in [0.717, 1.165) is 22.4 Å². The maximum Gasteiger partial charge on any atom is 0.234 e. The maximum absolute atomic E-state index is 12.7. The molecule has 1 heterocycles. The highest BCUT2D eigenvalue weighted by Crippen LogP contribution is 2.40. The second-order valence-electron chi connectivity index (χ2n) is 6.49. The van der Waals surface area contributed by atoms with Crippen LogP contribution >= 0.6 is 0 Å². The molecule has 1 unspecified atom stereocenters. The number of hydrogen-bond acceptors (Lipinski definition) is 1. The molecule has 1 amide bonds. The Bertz CT molecular complexity index is 691. The Morgan fingerprint density at radius 2 is 1.76 bits per heavy atom. The summed E-state index contributed by atoms with van der Waals surface area (Å²) < 4.78 is 0. The van der Waals surface area contributed by atoms with Gasteiger partial charge in [-0.15, -0.1) is 0 Å². The van der Waals surface area contributed by atoms with Gasteiger partial charge in [0.2, 0.25) is 5.91 Å². The van der Waals surface area contributed by atoms with Crippen molar-refractivity contribution in [3.63, 3.8) is 0 Å². The number of benzene rings is 1. The zero-order chi connectivity index (χ0) is 15.2. The van der Waals surface area contributed by atoms with Crippen LogP contribution in [0.2, 0.25) is 0 Å². The van der Waals surface area contributed by atoms with Crippen molar-refractivity contribution in [1.29, 1.82) is 0 Å². The molecule has 2 heteroatoms. The molecule has 1 aromatic rings. The molecule has 0 aromatic heterocycles. The third kappa shape index (κ3) is 2.25.